The van der Waals surface area contributed by atoms with Crippen molar-refractivity contribution in [3.8, 4) is 16.9 Å². The van der Waals surface area contributed by atoms with E-state index in [1.165, 1.54) is 36.4 Å². The van der Waals surface area contributed by atoms with Crippen LogP contribution >= 0.6 is 0 Å². The van der Waals surface area contributed by atoms with Crippen molar-refractivity contribution in [3.63, 3.8) is 0 Å². The molecule has 0 unspecified atom stereocenters. The molecule has 2 fully saturated rings. The number of hydrogen-bond acceptors (Lipinski definition) is 4. The first-order valence-electron chi connectivity index (χ1n) is 13.0. The fourth-order valence-corrected chi connectivity index (χ4v) is 4.73. The van der Waals surface area contributed by atoms with Crippen LogP contribution in [0.1, 0.15) is 42.9 Å². The van der Waals surface area contributed by atoms with E-state index in [2.05, 4.69) is 10.2 Å². The van der Waals surface area contributed by atoms with E-state index in [0.29, 0.717) is 22.4 Å². The standard InChI is InChI=1S/C30H31F3N2O3/c31-24-11-5-21(6-12-24)20-3-9-23(10-4-20)30(32,33)29(37)34-27(19-35-17-1-2-18-35)28(36)22-7-13-25(14-8-22)38-26-15-16-26/h3-14,26-28,36H,1-2,15-19H2,(H,34,37)/t27-,28-/m1/s1. The summed E-state index contributed by atoms with van der Waals surface area (Å²) in [5.41, 5.74) is 1.36. The molecule has 0 aromatic heterocycles. The van der Waals surface area contributed by atoms with Crippen molar-refractivity contribution >= 4 is 5.91 Å². The second-order valence-corrected chi connectivity index (χ2v) is 10.1. The quantitative estimate of drug-likeness (QED) is 0.371. The van der Waals surface area contributed by atoms with Crippen molar-refractivity contribution in [2.45, 2.75) is 49.9 Å². The van der Waals surface area contributed by atoms with Gasteiger partial charge in [-0.15, -0.1) is 0 Å². The highest BCUT2D eigenvalue weighted by atomic mass is 19.3. The number of amides is 1. The molecule has 200 valence electrons. The number of halogens is 3. The van der Waals surface area contributed by atoms with Gasteiger partial charge in [0.1, 0.15) is 17.7 Å². The smallest absolute Gasteiger partial charge is 0.349 e. The molecule has 1 saturated heterocycles. The molecule has 1 aliphatic heterocycles. The average Bonchev–Trinajstić information content (AvgIpc) is 3.59. The number of carbonyl (C=O) groups is 1. The maximum atomic E-state index is 15.3. The van der Waals surface area contributed by atoms with Crippen LogP contribution in [0.5, 0.6) is 5.75 Å². The first-order valence-corrected chi connectivity index (χ1v) is 13.0. The Hall–Kier alpha value is -3.36. The molecule has 5 nitrogen and oxygen atoms in total. The fraction of sp³-hybridized carbons (Fsp3) is 0.367. The number of aliphatic hydroxyl groups excluding tert-OH is 1. The Bertz CT molecular complexity index is 1220. The summed E-state index contributed by atoms with van der Waals surface area (Å²) in [5, 5.41) is 13.6. The van der Waals surface area contributed by atoms with Gasteiger partial charge < -0.3 is 20.1 Å². The molecule has 0 radical (unpaired) electrons. The predicted octanol–water partition coefficient (Wildman–Crippen LogP) is 5.44. The molecule has 1 saturated carbocycles. The Morgan fingerprint density at radius 2 is 1.53 bits per heavy atom. The van der Waals surface area contributed by atoms with E-state index >= 15 is 8.78 Å². The maximum absolute atomic E-state index is 15.3. The molecule has 2 N–H and O–H groups in total. The third kappa shape index (κ3) is 6.19. The van der Waals surface area contributed by atoms with Crippen LogP contribution in [0.25, 0.3) is 11.1 Å². The lowest BCUT2D eigenvalue weighted by Crippen LogP contribution is -2.50. The summed E-state index contributed by atoms with van der Waals surface area (Å²) in [6.45, 7) is 1.83. The number of alkyl halides is 2. The summed E-state index contributed by atoms with van der Waals surface area (Å²) in [7, 11) is 0. The first-order chi connectivity index (χ1) is 18.3. The van der Waals surface area contributed by atoms with Crippen molar-refractivity contribution < 1.29 is 27.8 Å². The van der Waals surface area contributed by atoms with Crippen molar-refractivity contribution in [1.29, 1.82) is 0 Å². The number of benzene rings is 3. The summed E-state index contributed by atoms with van der Waals surface area (Å²) in [6, 6.07) is 17.0. The van der Waals surface area contributed by atoms with Crippen LogP contribution in [0.4, 0.5) is 13.2 Å². The molecule has 38 heavy (non-hydrogen) atoms. The van der Waals surface area contributed by atoms with E-state index < -0.39 is 29.5 Å². The van der Waals surface area contributed by atoms with E-state index in [1.807, 2.05) is 0 Å². The number of carbonyl (C=O) groups excluding carboxylic acids is 1. The van der Waals surface area contributed by atoms with Gasteiger partial charge in [0.15, 0.2) is 0 Å². The largest absolute Gasteiger partial charge is 0.490 e. The summed E-state index contributed by atoms with van der Waals surface area (Å²) >= 11 is 0. The van der Waals surface area contributed by atoms with Gasteiger partial charge in [0.25, 0.3) is 5.91 Å². The number of likely N-dealkylation sites (tertiary alicyclic amines) is 1. The number of aliphatic hydroxyl groups is 1. The molecule has 1 heterocycles. The van der Waals surface area contributed by atoms with Crippen LogP contribution in [0.2, 0.25) is 0 Å². The Morgan fingerprint density at radius 3 is 2.11 bits per heavy atom. The van der Waals surface area contributed by atoms with Gasteiger partial charge in [0.2, 0.25) is 0 Å². The predicted molar refractivity (Wildman–Crippen MR) is 138 cm³/mol. The topological polar surface area (TPSA) is 61.8 Å². The van der Waals surface area contributed by atoms with Crippen LogP contribution in [0.3, 0.4) is 0 Å². The summed E-state index contributed by atoms with van der Waals surface area (Å²) in [5.74, 6) is -4.98. The molecule has 2 atom stereocenters. The summed E-state index contributed by atoms with van der Waals surface area (Å²) in [6.07, 6.45) is 3.09. The Labute approximate surface area is 220 Å². The number of nitrogens with zero attached hydrogens (tertiary/aromatic N) is 1. The average molecular weight is 525 g/mol. The highest BCUT2D eigenvalue weighted by Crippen LogP contribution is 2.32. The minimum atomic E-state index is -3.81. The summed E-state index contributed by atoms with van der Waals surface area (Å²) in [4.78, 5) is 15.0. The van der Waals surface area contributed by atoms with Crippen molar-refractivity contribution in [1.82, 2.24) is 10.2 Å². The van der Waals surface area contributed by atoms with Gasteiger partial charge in [0.05, 0.1) is 12.1 Å². The molecule has 2 aliphatic rings. The number of hydrogen-bond donors (Lipinski definition) is 2. The van der Waals surface area contributed by atoms with Gasteiger partial charge in [0, 0.05) is 12.1 Å². The zero-order valence-electron chi connectivity index (χ0n) is 21.0. The Morgan fingerprint density at radius 1 is 0.947 bits per heavy atom. The van der Waals surface area contributed by atoms with Crippen molar-refractivity contribution in [3.05, 3.63) is 89.7 Å². The minimum absolute atomic E-state index is 0.236. The molecular weight excluding hydrogens is 493 g/mol. The molecular formula is C30H31F3N2O3. The van der Waals surface area contributed by atoms with Crippen molar-refractivity contribution in [2.75, 3.05) is 19.6 Å². The Kier molecular flexibility index (Phi) is 7.72. The SMILES string of the molecule is O=C(N[C@H](CN1CCCC1)[C@H](O)c1ccc(OC2CC2)cc1)C(F)(F)c1ccc(-c2ccc(F)cc2)cc1. The van der Waals surface area contributed by atoms with E-state index in [0.717, 1.165) is 38.8 Å². The third-order valence-corrected chi connectivity index (χ3v) is 7.11. The van der Waals surface area contributed by atoms with Gasteiger partial charge in [-0.3, -0.25) is 4.79 Å². The maximum Gasteiger partial charge on any atom is 0.349 e. The molecule has 3 aromatic carbocycles. The van der Waals surface area contributed by atoms with E-state index in [-0.39, 0.29) is 18.5 Å². The lowest BCUT2D eigenvalue weighted by atomic mass is 9.99. The fourth-order valence-electron chi connectivity index (χ4n) is 4.73. The molecule has 1 aliphatic carbocycles. The van der Waals surface area contributed by atoms with Gasteiger partial charge in [-0.2, -0.15) is 8.78 Å². The summed E-state index contributed by atoms with van der Waals surface area (Å²) < 4.78 is 49.5. The monoisotopic (exact) mass is 524 g/mol. The molecule has 1 amide bonds. The Balaban J connectivity index is 1.31. The second-order valence-electron chi connectivity index (χ2n) is 10.1. The molecule has 5 rings (SSSR count). The first kappa shape index (κ1) is 26.3. The molecule has 0 bridgehead atoms. The normalized spacial score (nSPS) is 17.7. The van der Waals surface area contributed by atoms with Crippen LogP contribution in [0.15, 0.2) is 72.8 Å². The van der Waals surface area contributed by atoms with Gasteiger partial charge >= 0.3 is 5.92 Å². The highest BCUT2D eigenvalue weighted by Gasteiger charge is 2.43. The zero-order chi connectivity index (χ0) is 26.7. The van der Waals surface area contributed by atoms with Crippen LogP contribution < -0.4 is 10.1 Å². The van der Waals surface area contributed by atoms with Gasteiger partial charge in [-0.25, -0.2) is 4.39 Å². The molecule has 8 heteroatoms. The van der Waals surface area contributed by atoms with E-state index in [4.69, 9.17) is 4.74 Å². The van der Waals surface area contributed by atoms with Gasteiger partial charge in [-0.05, 0) is 79.7 Å². The number of ether oxygens (including phenoxy) is 1. The van der Waals surface area contributed by atoms with E-state index in [1.54, 1.807) is 36.4 Å². The zero-order valence-corrected chi connectivity index (χ0v) is 21.0. The lowest BCUT2D eigenvalue weighted by Gasteiger charge is -2.30. The van der Waals surface area contributed by atoms with Crippen LogP contribution in [0, 0.1) is 5.82 Å². The van der Waals surface area contributed by atoms with Crippen LogP contribution in [-0.2, 0) is 10.7 Å². The van der Waals surface area contributed by atoms with Gasteiger partial charge in [-0.1, -0.05) is 48.5 Å². The number of rotatable bonds is 10. The van der Waals surface area contributed by atoms with Crippen LogP contribution in [-0.4, -0.2) is 47.7 Å². The minimum Gasteiger partial charge on any atom is -0.490 e. The lowest BCUT2D eigenvalue weighted by molar-refractivity contribution is -0.149. The molecule has 0 spiro atoms. The number of nitrogens with one attached hydrogen (secondary N) is 1. The highest BCUT2D eigenvalue weighted by molar-refractivity contribution is 5.85. The molecule has 3 aromatic rings. The third-order valence-electron chi connectivity index (χ3n) is 7.11. The van der Waals surface area contributed by atoms with Crippen molar-refractivity contribution in [2.24, 2.45) is 0 Å². The second kappa shape index (κ2) is 11.2. The van der Waals surface area contributed by atoms with E-state index in [9.17, 15) is 14.3 Å².